The number of piperidine rings is 1. The van der Waals surface area contributed by atoms with Gasteiger partial charge in [0.15, 0.2) is 0 Å². The maximum absolute atomic E-state index is 11.9. The third-order valence-electron chi connectivity index (χ3n) is 3.47. The molecule has 2 N–H and O–H groups in total. The predicted molar refractivity (Wildman–Crippen MR) is 77.1 cm³/mol. The summed E-state index contributed by atoms with van der Waals surface area (Å²) < 4.78 is 0. The topological polar surface area (TPSA) is 55.8 Å². The normalized spacial score (nSPS) is 18.8. The molecule has 1 fully saturated rings. The molecular weight excluding hydrogens is 242 g/mol. The zero-order chi connectivity index (χ0) is 14.5. The van der Waals surface area contributed by atoms with Crippen molar-refractivity contribution in [1.82, 2.24) is 15.1 Å². The van der Waals surface area contributed by atoms with Gasteiger partial charge in [-0.2, -0.15) is 0 Å². The maximum atomic E-state index is 11.9. The van der Waals surface area contributed by atoms with Gasteiger partial charge in [0.2, 0.25) is 5.91 Å². The summed E-state index contributed by atoms with van der Waals surface area (Å²) in [4.78, 5) is 16.2. The Hall–Kier alpha value is -0.650. The second kappa shape index (κ2) is 7.22. The van der Waals surface area contributed by atoms with E-state index in [2.05, 4.69) is 17.1 Å². The summed E-state index contributed by atoms with van der Waals surface area (Å²) in [6.45, 7) is 9.75. The first-order chi connectivity index (χ1) is 8.80. The highest BCUT2D eigenvalue weighted by molar-refractivity contribution is 5.78. The highest BCUT2D eigenvalue weighted by atomic mass is 16.3. The van der Waals surface area contributed by atoms with E-state index in [1.165, 1.54) is 0 Å². The number of hydrogen-bond acceptors (Lipinski definition) is 4. The number of amides is 1. The Bertz CT molecular complexity index is 281. The van der Waals surface area contributed by atoms with Crippen molar-refractivity contribution < 1.29 is 9.90 Å². The van der Waals surface area contributed by atoms with Crippen molar-refractivity contribution >= 4 is 5.91 Å². The van der Waals surface area contributed by atoms with Crippen molar-refractivity contribution in [2.45, 2.75) is 45.3 Å². The van der Waals surface area contributed by atoms with Crippen LogP contribution in [-0.2, 0) is 4.79 Å². The van der Waals surface area contributed by atoms with Crippen molar-refractivity contribution in [3.63, 3.8) is 0 Å². The van der Waals surface area contributed by atoms with E-state index in [9.17, 15) is 9.90 Å². The van der Waals surface area contributed by atoms with Gasteiger partial charge in [0, 0.05) is 25.7 Å². The SMILES string of the molecule is CCN1CCC(NC(=O)CN(C)CC(C)(C)O)CC1. The first-order valence-electron chi connectivity index (χ1n) is 7.23. The average Bonchev–Trinajstić information content (AvgIpc) is 2.27. The molecular formula is C14H29N3O2. The van der Waals surface area contributed by atoms with Crippen LogP contribution in [0.15, 0.2) is 0 Å². The van der Waals surface area contributed by atoms with Crippen molar-refractivity contribution in [1.29, 1.82) is 0 Å². The highest BCUT2D eigenvalue weighted by Gasteiger charge is 2.21. The molecule has 5 heteroatoms. The van der Waals surface area contributed by atoms with Crippen LogP contribution in [0.4, 0.5) is 0 Å². The smallest absolute Gasteiger partial charge is 0.234 e. The van der Waals surface area contributed by atoms with Gasteiger partial charge in [-0.25, -0.2) is 0 Å². The van der Waals surface area contributed by atoms with Crippen LogP contribution < -0.4 is 5.32 Å². The second-order valence-corrected chi connectivity index (χ2v) is 6.26. The lowest BCUT2D eigenvalue weighted by atomic mass is 10.1. The molecule has 5 nitrogen and oxygen atoms in total. The molecule has 112 valence electrons. The first kappa shape index (κ1) is 16.4. The van der Waals surface area contributed by atoms with Crippen molar-refractivity contribution in [2.24, 2.45) is 0 Å². The average molecular weight is 271 g/mol. The lowest BCUT2D eigenvalue weighted by molar-refractivity contribution is -0.123. The molecule has 1 amide bonds. The van der Waals surface area contributed by atoms with Crippen LogP contribution in [0.3, 0.4) is 0 Å². The zero-order valence-corrected chi connectivity index (χ0v) is 12.8. The van der Waals surface area contributed by atoms with Gasteiger partial charge in [-0.1, -0.05) is 6.92 Å². The van der Waals surface area contributed by atoms with E-state index in [1.807, 2.05) is 11.9 Å². The third kappa shape index (κ3) is 6.89. The van der Waals surface area contributed by atoms with Crippen LogP contribution in [0.1, 0.15) is 33.6 Å². The van der Waals surface area contributed by atoms with Crippen LogP contribution in [0.2, 0.25) is 0 Å². The lowest BCUT2D eigenvalue weighted by Gasteiger charge is -2.32. The molecule has 0 aromatic rings. The fourth-order valence-electron chi connectivity index (χ4n) is 2.63. The number of hydrogen-bond donors (Lipinski definition) is 2. The zero-order valence-electron chi connectivity index (χ0n) is 12.8. The molecule has 1 aliphatic rings. The summed E-state index contributed by atoms with van der Waals surface area (Å²) in [6, 6.07) is 0.311. The van der Waals surface area contributed by atoms with Gasteiger partial charge in [0.25, 0.3) is 0 Å². The maximum Gasteiger partial charge on any atom is 0.234 e. The quantitative estimate of drug-likeness (QED) is 0.729. The van der Waals surface area contributed by atoms with Crippen LogP contribution in [-0.4, -0.2) is 72.2 Å². The molecule has 0 aliphatic carbocycles. The third-order valence-corrected chi connectivity index (χ3v) is 3.47. The summed E-state index contributed by atoms with van der Waals surface area (Å²) in [5, 5.41) is 12.8. The van der Waals surface area contributed by atoms with E-state index in [0.717, 1.165) is 32.5 Å². The minimum atomic E-state index is -0.762. The summed E-state index contributed by atoms with van der Waals surface area (Å²) in [5.41, 5.74) is -0.762. The van der Waals surface area contributed by atoms with Gasteiger partial charge >= 0.3 is 0 Å². The number of rotatable bonds is 6. The van der Waals surface area contributed by atoms with Crippen molar-refractivity contribution in [2.75, 3.05) is 39.8 Å². The molecule has 0 atom stereocenters. The van der Waals surface area contributed by atoms with Crippen LogP contribution in [0, 0.1) is 0 Å². The Morgan fingerprint density at radius 3 is 2.47 bits per heavy atom. The van der Waals surface area contributed by atoms with Crippen LogP contribution in [0.25, 0.3) is 0 Å². The Morgan fingerprint density at radius 2 is 2.00 bits per heavy atom. The van der Waals surface area contributed by atoms with E-state index in [-0.39, 0.29) is 5.91 Å². The summed E-state index contributed by atoms with van der Waals surface area (Å²) in [6.07, 6.45) is 2.07. The standard InChI is InChI=1S/C14H29N3O2/c1-5-17-8-6-12(7-9-17)15-13(18)10-16(4)11-14(2,3)19/h12,19H,5-11H2,1-4H3,(H,15,18). The van der Waals surface area contributed by atoms with E-state index >= 15 is 0 Å². The Labute approximate surface area is 117 Å². The molecule has 1 rings (SSSR count). The molecule has 0 saturated carbocycles. The molecule has 0 unspecified atom stereocenters. The monoisotopic (exact) mass is 271 g/mol. The summed E-state index contributed by atoms with van der Waals surface area (Å²) in [7, 11) is 1.86. The van der Waals surface area contributed by atoms with Gasteiger partial charge in [0.1, 0.15) is 0 Å². The fraction of sp³-hybridized carbons (Fsp3) is 0.929. The Morgan fingerprint density at radius 1 is 1.42 bits per heavy atom. The largest absolute Gasteiger partial charge is 0.389 e. The molecule has 0 aromatic carbocycles. The molecule has 1 saturated heterocycles. The number of aliphatic hydroxyl groups is 1. The van der Waals surface area contributed by atoms with E-state index < -0.39 is 5.60 Å². The molecule has 0 spiro atoms. The fourth-order valence-corrected chi connectivity index (χ4v) is 2.63. The summed E-state index contributed by atoms with van der Waals surface area (Å²) in [5.74, 6) is 0.0571. The molecule has 0 aromatic heterocycles. The number of carbonyl (C=O) groups is 1. The van der Waals surface area contributed by atoms with Gasteiger partial charge in [-0.3, -0.25) is 9.69 Å². The Kier molecular flexibility index (Phi) is 6.23. The minimum Gasteiger partial charge on any atom is -0.389 e. The number of carbonyl (C=O) groups excluding carboxylic acids is 1. The van der Waals surface area contributed by atoms with E-state index in [0.29, 0.717) is 19.1 Å². The molecule has 0 bridgehead atoms. The van der Waals surface area contributed by atoms with Crippen molar-refractivity contribution in [3.8, 4) is 0 Å². The van der Waals surface area contributed by atoms with Gasteiger partial charge in [-0.05, 0) is 40.3 Å². The van der Waals surface area contributed by atoms with E-state index in [1.54, 1.807) is 13.8 Å². The molecule has 19 heavy (non-hydrogen) atoms. The summed E-state index contributed by atoms with van der Waals surface area (Å²) >= 11 is 0. The van der Waals surface area contributed by atoms with Gasteiger partial charge in [0.05, 0.1) is 12.1 Å². The second-order valence-electron chi connectivity index (χ2n) is 6.26. The molecule has 1 heterocycles. The van der Waals surface area contributed by atoms with Crippen LogP contribution in [0.5, 0.6) is 0 Å². The van der Waals surface area contributed by atoms with Crippen molar-refractivity contribution in [3.05, 3.63) is 0 Å². The number of likely N-dealkylation sites (tertiary alicyclic amines) is 1. The predicted octanol–water partition coefficient (Wildman–Crippen LogP) is 0.290. The number of nitrogens with one attached hydrogen (secondary N) is 1. The van der Waals surface area contributed by atoms with Gasteiger partial charge in [-0.15, -0.1) is 0 Å². The van der Waals surface area contributed by atoms with E-state index in [4.69, 9.17) is 0 Å². The molecule has 0 radical (unpaired) electrons. The minimum absolute atomic E-state index is 0.0571. The lowest BCUT2D eigenvalue weighted by Crippen LogP contribution is -2.48. The molecule has 1 aliphatic heterocycles. The number of nitrogens with zero attached hydrogens (tertiary/aromatic N) is 2. The Balaban J connectivity index is 2.24. The highest BCUT2D eigenvalue weighted by Crippen LogP contribution is 2.09. The van der Waals surface area contributed by atoms with Crippen LogP contribution >= 0.6 is 0 Å². The van der Waals surface area contributed by atoms with Gasteiger partial charge < -0.3 is 15.3 Å². The number of likely N-dealkylation sites (N-methyl/N-ethyl adjacent to an activating group) is 1. The first-order valence-corrected chi connectivity index (χ1v) is 7.23.